The van der Waals surface area contributed by atoms with E-state index in [-0.39, 0.29) is 62.2 Å². The number of nitrogens with two attached hydrogens (primary N) is 1. The molecule has 0 saturated carbocycles. The molecule has 2 aromatic heterocycles. The Morgan fingerprint density at radius 1 is 0.506 bits per heavy atom. The fourth-order valence-corrected chi connectivity index (χ4v) is 12.5. The molecule has 0 radical (unpaired) electrons. The van der Waals surface area contributed by atoms with Gasteiger partial charge in [-0.1, -0.05) is 0 Å². The van der Waals surface area contributed by atoms with E-state index in [1.165, 1.54) is 36.4 Å². The van der Waals surface area contributed by atoms with E-state index in [0.29, 0.717) is 75.3 Å². The predicted molar refractivity (Wildman–Crippen MR) is 311 cm³/mol. The Morgan fingerprint density at radius 2 is 1.07 bits per heavy atom. The second-order valence-electron chi connectivity index (χ2n) is 18.2. The van der Waals surface area contributed by atoms with Crippen LogP contribution in [-0.2, 0) is 60.7 Å². The summed E-state index contributed by atoms with van der Waals surface area (Å²) in [4.78, 5) is 23.6. The number of aromatic hydroxyl groups is 1. The van der Waals surface area contributed by atoms with Crippen LogP contribution in [0.5, 0.6) is 5.75 Å². The van der Waals surface area contributed by atoms with E-state index in [1.54, 1.807) is 0 Å². The fraction of sp³-hybridized carbons (Fsp3) is 0.136. The summed E-state index contributed by atoms with van der Waals surface area (Å²) in [6, 6.07) is 13.7. The largest absolute Gasteiger partial charge is 0.505 e. The average molecular weight is 1360 g/mol. The van der Waals surface area contributed by atoms with Crippen molar-refractivity contribution in [3.8, 4) is 5.75 Å². The minimum absolute atomic E-state index is 0.0211. The first-order chi connectivity index (χ1) is 40.5. The van der Waals surface area contributed by atoms with Crippen LogP contribution >= 0.6 is 23.2 Å². The molecular formula is C44H40Cl2N16O19S6. The first kappa shape index (κ1) is 63.4. The van der Waals surface area contributed by atoms with Crippen LogP contribution in [0.2, 0.25) is 10.6 Å². The average Bonchev–Trinajstić information content (AvgIpc) is 0.831. The highest BCUT2D eigenvalue weighted by atomic mass is 35.5. The van der Waals surface area contributed by atoms with Crippen molar-refractivity contribution in [2.24, 2.45) is 10.2 Å². The van der Waals surface area contributed by atoms with Crippen molar-refractivity contribution in [1.82, 2.24) is 34.8 Å². The Hall–Kier alpha value is -8.14. The van der Waals surface area contributed by atoms with Crippen LogP contribution in [0, 0.1) is 0 Å². The summed E-state index contributed by atoms with van der Waals surface area (Å²) in [6.45, 7) is 2.73. The third kappa shape index (κ3) is 15.0. The summed E-state index contributed by atoms with van der Waals surface area (Å²) in [7, 11) is -30.6. The van der Waals surface area contributed by atoms with Gasteiger partial charge in [-0.3, -0.25) is 43.1 Å². The number of hydrazine groups is 1. The number of aromatic nitrogens is 6. The number of azo groups is 1. The van der Waals surface area contributed by atoms with Gasteiger partial charge < -0.3 is 31.7 Å². The number of nitrogens with zero attached hydrogens (tertiary/aromatic N) is 10. The van der Waals surface area contributed by atoms with Crippen LogP contribution in [0.25, 0.3) is 21.5 Å². The van der Waals surface area contributed by atoms with Gasteiger partial charge in [0.05, 0.1) is 26.9 Å². The van der Waals surface area contributed by atoms with Gasteiger partial charge in [0.25, 0.3) is 60.7 Å². The van der Waals surface area contributed by atoms with E-state index in [0.717, 1.165) is 18.2 Å². The van der Waals surface area contributed by atoms with Gasteiger partial charge in [0.1, 0.15) is 31.0 Å². The molecule has 1 aliphatic heterocycles. The lowest BCUT2D eigenvalue weighted by Gasteiger charge is -2.34. The molecule has 9 rings (SSSR count). The van der Waals surface area contributed by atoms with E-state index in [2.05, 4.69) is 71.8 Å². The maximum atomic E-state index is 12.6. The fourth-order valence-electron chi connectivity index (χ4n) is 8.45. The van der Waals surface area contributed by atoms with Crippen molar-refractivity contribution in [3.63, 3.8) is 0 Å². The highest BCUT2D eigenvalue weighted by molar-refractivity contribution is 7.87. The molecule has 14 N–H and O–H groups in total. The van der Waals surface area contributed by atoms with Gasteiger partial charge >= 0.3 is 0 Å². The zero-order valence-electron chi connectivity index (χ0n) is 43.1. The van der Waals surface area contributed by atoms with E-state index >= 15 is 0 Å². The number of fused-ring (bicyclic) bond motifs is 2. The number of phenolic OH excluding ortho intramolecular Hbond substituents is 1. The topological polar surface area (TPSA) is 541 Å². The molecule has 1 fully saturated rings. The molecule has 87 heavy (non-hydrogen) atoms. The molecule has 1 aliphatic rings. The van der Waals surface area contributed by atoms with E-state index < -0.39 is 124 Å². The van der Waals surface area contributed by atoms with Crippen LogP contribution < -0.4 is 37.4 Å². The molecule has 3 heterocycles. The summed E-state index contributed by atoms with van der Waals surface area (Å²) < 4.78 is 204. The Morgan fingerprint density at radius 3 is 1.69 bits per heavy atom. The quantitative estimate of drug-likeness (QED) is 0.0206. The van der Waals surface area contributed by atoms with Gasteiger partial charge in [-0.15, -0.1) is 10.2 Å². The summed E-state index contributed by atoms with van der Waals surface area (Å²) in [6.07, 6.45) is 0. The highest BCUT2D eigenvalue weighted by Crippen LogP contribution is 2.43. The van der Waals surface area contributed by atoms with Gasteiger partial charge in [-0.05, 0) is 119 Å². The van der Waals surface area contributed by atoms with E-state index in [1.807, 2.05) is 4.90 Å². The molecule has 0 unspecified atom stereocenters. The lowest BCUT2D eigenvalue weighted by molar-refractivity contribution is 0.266. The van der Waals surface area contributed by atoms with Gasteiger partial charge in [0.15, 0.2) is 5.75 Å². The number of hydrogen-bond acceptors (Lipinski definition) is 29. The smallest absolute Gasteiger partial charge is 0.296 e. The minimum atomic E-state index is -5.23. The summed E-state index contributed by atoms with van der Waals surface area (Å²) >= 11 is 12.6. The zero-order chi connectivity index (χ0) is 63.3. The number of piperazine rings is 1. The Kier molecular flexibility index (Phi) is 17.4. The monoisotopic (exact) mass is 1360 g/mol. The van der Waals surface area contributed by atoms with Gasteiger partial charge in [-0.2, -0.15) is 80.4 Å². The Bertz CT molecular complexity index is 4900. The molecule has 43 heteroatoms. The first-order valence-electron chi connectivity index (χ1n) is 23.8. The van der Waals surface area contributed by atoms with Crippen LogP contribution in [0.3, 0.4) is 0 Å². The van der Waals surface area contributed by atoms with Crippen molar-refractivity contribution in [1.29, 1.82) is 0 Å². The number of rotatable bonds is 20. The molecular weight excluding hydrogens is 1320 g/mol. The normalized spacial score (nSPS) is 14.0. The molecule has 0 bridgehead atoms. The van der Waals surface area contributed by atoms with Crippen molar-refractivity contribution < 1.29 is 82.9 Å². The number of phenols is 1. The molecule has 0 spiro atoms. The third-order valence-electron chi connectivity index (χ3n) is 12.4. The molecule has 8 aromatic rings. The molecule has 0 atom stereocenters. The first-order valence-corrected chi connectivity index (χ1v) is 33.2. The molecule has 35 nitrogen and oxygen atoms in total. The Labute approximate surface area is 501 Å². The van der Waals surface area contributed by atoms with Crippen molar-refractivity contribution in [2.45, 2.75) is 29.4 Å². The standard InChI is InChI=1S/C44H40Cl2N16O19S6/c45-39-51-41(55-42(52-39)49-23-1-4-27-21(13-23)16-36(87(79,80)81)37(38(27)63)60-59-31-18-25(82(64,65)66)3-6-33(31)84(70,71)72)48-7-8-61-9-11-62(12-10-61)44-54-40(46)53-43(56-44)50-24-2-5-30(29(47)17-24)57-58-32-20-28-22(15-35(32)86(76,77)78)14-26(83(67,68)69)19-34(28)85(73,74)75/h1-6,13-20,57-58,63H,7-12,47H2,(H,64,65,66)(H,67,68,69)(H,70,71,72)(H,73,74,75)(H,76,77,78)(H,79,80,81)(H,50,53,54,56)(H2,48,49,51,52,55)/b60-59+. The van der Waals surface area contributed by atoms with Crippen LogP contribution in [0.1, 0.15) is 0 Å². The molecule has 460 valence electrons. The number of hydrogen-bond donors (Lipinski definition) is 13. The second-order valence-corrected chi connectivity index (χ2v) is 27.3. The number of nitrogen functional groups attached to an aromatic ring is 1. The lowest BCUT2D eigenvalue weighted by atomic mass is 10.1. The number of nitrogens with one attached hydrogen (secondary N) is 5. The SMILES string of the molecule is Nc1cc(Nc2nc(Cl)nc(N3CCN(CCNc4nc(Cl)nc(Nc5ccc6c(O)c(/N=N/c7cc(S(=O)(=O)O)ccc7S(=O)(=O)O)c(S(=O)(=O)O)cc6c5)n4)CC3)n2)ccc1NNc1cc2c(S(=O)(=O)O)cc(S(=O)(=O)O)cc2cc1S(=O)(=O)O. The molecule has 0 aliphatic carbocycles. The number of anilines is 9. The number of benzene rings is 6. The molecule has 0 amide bonds. The van der Waals surface area contributed by atoms with E-state index in [4.69, 9.17) is 28.9 Å². The number of halogens is 2. The maximum absolute atomic E-state index is 12.6. The molecule has 1 saturated heterocycles. The maximum Gasteiger partial charge on any atom is 0.296 e. The van der Waals surface area contributed by atoms with Gasteiger partial charge in [0, 0.05) is 61.4 Å². The summed E-state index contributed by atoms with van der Waals surface area (Å²) in [5, 5.41) is 25.9. The third-order valence-corrected chi connectivity index (χ3v) is 18.0. The summed E-state index contributed by atoms with van der Waals surface area (Å²) in [5.74, 6) is -0.666. The second kappa shape index (κ2) is 23.9. The van der Waals surface area contributed by atoms with Gasteiger partial charge in [-0.25, -0.2) is 0 Å². The minimum Gasteiger partial charge on any atom is -0.505 e. The summed E-state index contributed by atoms with van der Waals surface area (Å²) in [5.41, 5.74) is 9.83. The predicted octanol–water partition coefficient (Wildman–Crippen LogP) is 5.01. The van der Waals surface area contributed by atoms with Crippen LogP contribution in [0.4, 0.5) is 63.6 Å². The van der Waals surface area contributed by atoms with Gasteiger partial charge in [0.2, 0.25) is 34.4 Å². The van der Waals surface area contributed by atoms with Crippen molar-refractivity contribution in [3.05, 3.63) is 95.5 Å². The van der Waals surface area contributed by atoms with Crippen molar-refractivity contribution >= 4 is 169 Å². The Balaban J connectivity index is 0.813. The lowest BCUT2D eigenvalue weighted by Crippen LogP contribution is -2.48. The van der Waals surface area contributed by atoms with E-state index in [9.17, 15) is 82.9 Å². The van der Waals surface area contributed by atoms with Crippen molar-refractivity contribution in [2.75, 3.05) is 76.7 Å². The van der Waals surface area contributed by atoms with Crippen LogP contribution in [-0.4, -0.2) is 157 Å². The van der Waals surface area contributed by atoms with Crippen LogP contribution in [0.15, 0.2) is 125 Å². The highest BCUT2D eigenvalue weighted by Gasteiger charge is 2.28. The molecule has 6 aromatic carbocycles. The zero-order valence-corrected chi connectivity index (χ0v) is 49.5.